The van der Waals surface area contributed by atoms with Crippen molar-refractivity contribution in [1.82, 2.24) is 14.6 Å². The summed E-state index contributed by atoms with van der Waals surface area (Å²) in [5, 5.41) is 5.64. The molecule has 0 aliphatic carbocycles. The van der Waals surface area contributed by atoms with Gasteiger partial charge in [0.25, 0.3) is 0 Å². The summed E-state index contributed by atoms with van der Waals surface area (Å²) in [6, 6.07) is 8.69. The summed E-state index contributed by atoms with van der Waals surface area (Å²) in [5.74, 6) is -0.0709. The number of halogens is 1. The molecule has 0 fully saturated rings. The molecular weight excluding hydrogens is 306 g/mol. The van der Waals surface area contributed by atoms with Crippen LogP contribution in [-0.4, -0.2) is 26.6 Å². The molecule has 0 unspecified atom stereocenters. The Morgan fingerprint density at radius 3 is 2.62 bits per heavy atom. The minimum Gasteiger partial charge on any atom is -0.288 e. The van der Waals surface area contributed by atoms with Crippen molar-refractivity contribution >= 4 is 34.8 Å². The van der Waals surface area contributed by atoms with Crippen molar-refractivity contribution in [3.05, 3.63) is 58.4 Å². The number of benzene rings is 1. The molecular formula is C15H12ClN3OS. The van der Waals surface area contributed by atoms with Gasteiger partial charge in [-0.15, -0.1) is 11.8 Å². The van der Waals surface area contributed by atoms with E-state index in [1.807, 2.05) is 19.2 Å². The first-order chi connectivity index (χ1) is 10.1. The van der Waals surface area contributed by atoms with Gasteiger partial charge in [-0.2, -0.15) is 5.10 Å². The van der Waals surface area contributed by atoms with Crippen molar-refractivity contribution in [2.75, 3.05) is 6.26 Å². The van der Waals surface area contributed by atoms with Crippen molar-refractivity contribution in [2.24, 2.45) is 0 Å². The van der Waals surface area contributed by atoms with Crippen molar-refractivity contribution in [2.45, 2.75) is 11.9 Å². The molecule has 4 nitrogen and oxygen atoms in total. The van der Waals surface area contributed by atoms with Crippen LogP contribution in [-0.2, 0) is 0 Å². The topological polar surface area (TPSA) is 47.3 Å². The molecule has 0 atom stereocenters. The molecule has 106 valence electrons. The Balaban J connectivity index is 2.21. The lowest BCUT2D eigenvalue weighted by Gasteiger charge is -2.11. The first-order valence-electron chi connectivity index (χ1n) is 6.30. The predicted molar refractivity (Wildman–Crippen MR) is 84.4 cm³/mol. The number of carbonyl (C=O) groups excluding carboxylic acids is 1. The standard InChI is InChI=1S/C15H12ClN3OS/c1-9-13(14(20)10-3-5-11(16)6-4-10)15(21-2)19-12(18-9)7-8-17-19/h3-8H,1-2H3. The summed E-state index contributed by atoms with van der Waals surface area (Å²) in [4.78, 5) is 17.2. The van der Waals surface area contributed by atoms with Crippen LogP contribution in [0.25, 0.3) is 5.65 Å². The van der Waals surface area contributed by atoms with Gasteiger partial charge < -0.3 is 0 Å². The van der Waals surface area contributed by atoms with Crippen molar-refractivity contribution in [3.63, 3.8) is 0 Å². The first kappa shape index (κ1) is 14.1. The van der Waals surface area contributed by atoms with E-state index < -0.39 is 0 Å². The Morgan fingerprint density at radius 2 is 1.95 bits per heavy atom. The van der Waals surface area contributed by atoms with Crippen LogP contribution in [0.2, 0.25) is 5.02 Å². The average molecular weight is 318 g/mol. The Kier molecular flexibility index (Phi) is 3.69. The molecule has 0 bridgehead atoms. The van der Waals surface area contributed by atoms with Gasteiger partial charge in [0.2, 0.25) is 0 Å². The molecule has 2 aromatic heterocycles. The van der Waals surface area contributed by atoms with Gasteiger partial charge in [0.1, 0.15) is 5.03 Å². The number of hydrogen-bond acceptors (Lipinski definition) is 4. The third kappa shape index (κ3) is 2.43. The highest BCUT2D eigenvalue weighted by Crippen LogP contribution is 2.26. The molecule has 3 aromatic rings. The summed E-state index contributed by atoms with van der Waals surface area (Å²) in [6.07, 6.45) is 3.60. The molecule has 0 amide bonds. The zero-order valence-electron chi connectivity index (χ0n) is 11.5. The first-order valence-corrected chi connectivity index (χ1v) is 7.90. The maximum absolute atomic E-state index is 12.8. The molecule has 6 heteroatoms. The fourth-order valence-electron chi connectivity index (χ4n) is 2.22. The highest BCUT2D eigenvalue weighted by molar-refractivity contribution is 7.98. The zero-order valence-corrected chi connectivity index (χ0v) is 13.1. The highest BCUT2D eigenvalue weighted by Gasteiger charge is 2.20. The highest BCUT2D eigenvalue weighted by atomic mass is 35.5. The van der Waals surface area contributed by atoms with Crippen LogP contribution in [0.5, 0.6) is 0 Å². The molecule has 0 saturated carbocycles. The molecule has 21 heavy (non-hydrogen) atoms. The Morgan fingerprint density at radius 1 is 1.24 bits per heavy atom. The lowest BCUT2D eigenvalue weighted by atomic mass is 10.0. The van der Waals surface area contributed by atoms with Crippen LogP contribution in [0.3, 0.4) is 0 Å². The second-order valence-electron chi connectivity index (χ2n) is 4.52. The summed E-state index contributed by atoms with van der Waals surface area (Å²) < 4.78 is 1.70. The Bertz CT molecular complexity index is 827. The maximum atomic E-state index is 12.8. The van der Waals surface area contributed by atoms with Gasteiger partial charge in [-0.3, -0.25) is 4.79 Å². The number of carbonyl (C=O) groups is 1. The molecule has 1 aromatic carbocycles. The summed E-state index contributed by atoms with van der Waals surface area (Å²) in [5.41, 5.74) is 2.61. The largest absolute Gasteiger partial charge is 0.288 e. The lowest BCUT2D eigenvalue weighted by molar-refractivity contribution is 0.103. The predicted octanol–water partition coefficient (Wildman–Crippen LogP) is 3.64. The van der Waals surface area contributed by atoms with Gasteiger partial charge in [0.05, 0.1) is 17.5 Å². The SMILES string of the molecule is CSc1c(C(=O)c2ccc(Cl)cc2)c(C)nc2ccnn12. The van der Waals surface area contributed by atoms with Gasteiger partial charge in [-0.05, 0) is 37.4 Å². The third-order valence-corrected chi connectivity index (χ3v) is 4.22. The van der Waals surface area contributed by atoms with Crippen LogP contribution in [0, 0.1) is 6.92 Å². The zero-order chi connectivity index (χ0) is 15.0. The van der Waals surface area contributed by atoms with Gasteiger partial charge >= 0.3 is 0 Å². The van der Waals surface area contributed by atoms with E-state index in [9.17, 15) is 4.79 Å². The number of ketones is 1. The Labute approximate surface area is 131 Å². The number of aryl methyl sites for hydroxylation is 1. The van der Waals surface area contributed by atoms with Gasteiger partial charge in [-0.1, -0.05) is 11.6 Å². The number of aromatic nitrogens is 3. The molecule has 0 spiro atoms. The van der Waals surface area contributed by atoms with Crippen LogP contribution >= 0.6 is 23.4 Å². The van der Waals surface area contributed by atoms with E-state index in [1.165, 1.54) is 11.8 Å². The van der Waals surface area contributed by atoms with E-state index >= 15 is 0 Å². The van der Waals surface area contributed by atoms with Crippen molar-refractivity contribution in [1.29, 1.82) is 0 Å². The molecule has 3 rings (SSSR count). The van der Waals surface area contributed by atoms with E-state index in [2.05, 4.69) is 10.1 Å². The normalized spacial score (nSPS) is 11.0. The summed E-state index contributed by atoms with van der Waals surface area (Å²) in [7, 11) is 0. The lowest BCUT2D eigenvalue weighted by Crippen LogP contribution is -2.11. The molecule has 0 radical (unpaired) electrons. The van der Waals surface area contributed by atoms with E-state index in [-0.39, 0.29) is 5.78 Å². The summed E-state index contributed by atoms with van der Waals surface area (Å²) >= 11 is 7.36. The average Bonchev–Trinajstić information content (AvgIpc) is 2.93. The van der Waals surface area contributed by atoms with Crippen LogP contribution in [0.1, 0.15) is 21.6 Å². The minimum atomic E-state index is -0.0709. The molecule has 0 saturated heterocycles. The number of fused-ring (bicyclic) bond motifs is 1. The number of thioether (sulfide) groups is 1. The number of rotatable bonds is 3. The Hall–Kier alpha value is -1.85. The van der Waals surface area contributed by atoms with Crippen LogP contribution in [0.15, 0.2) is 41.6 Å². The maximum Gasteiger partial charge on any atom is 0.197 e. The number of nitrogens with zero attached hydrogens (tertiary/aromatic N) is 3. The van der Waals surface area contributed by atoms with Gasteiger partial charge in [0, 0.05) is 16.7 Å². The molecule has 0 aliphatic heterocycles. The third-order valence-electron chi connectivity index (χ3n) is 3.20. The quantitative estimate of drug-likeness (QED) is 0.420. The molecule has 0 aliphatic rings. The number of hydrogen-bond donors (Lipinski definition) is 0. The second-order valence-corrected chi connectivity index (χ2v) is 5.75. The van der Waals surface area contributed by atoms with E-state index in [1.54, 1.807) is 35.0 Å². The van der Waals surface area contributed by atoms with E-state index in [4.69, 9.17) is 11.6 Å². The second kappa shape index (κ2) is 5.50. The fourth-order valence-corrected chi connectivity index (χ4v) is 3.11. The fraction of sp³-hybridized carbons (Fsp3) is 0.133. The van der Waals surface area contributed by atoms with E-state index in [0.717, 1.165) is 10.7 Å². The van der Waals surface area contributed by atoms with Gasteiger partial charge in [-0.25, -0.2) is 9.50 Å². The van der Waals surface area contributed by atoms with Gasteiger partial charge in [0.15, 0.2) is 11.4 Å². The van der Waals surface area contributed by atoms with Crippen LogP contribution < -0.4 is 0 Å². The van der Waals surface area contributed by atoms with E-state index in [0.29, 0.717) is 21.8 Å². The minimum absolute atomic E-state index is 0.0709. The summed E-state index contributed by atoms with van der Waals surface area (Å²) in [6.45, 7) is 1.84. The molecule has 2 heterocycles. The van der Waals surface area contributed by atoms with Crippen molar-refractivity contribution in [3.8, 4) is 0 Å². The molecule has 0 N–H and O–H groups in total. The smallest absolute Gasteiger partial charge is 0.197 e. The van der Waals surface area contributed by atoms with Crippen LogP contribution in [0.4, 0.5) is 0 Å². The van der Waals surface area contributed by atoms with Crippen molar-refractivity contribution < 1.29 is 4.79 Å². The monoisotopic (exact) mass is 317 g/mol.